The second-order valence-electron chi connectivity index (χ2n) is 9.33. The van der Waals surface area contributed by atoms with Crippen molar-refractivity contribution in [1.82, 2.24) is 24.8 Å². The smallest absolute Gasteiger partial charge is 0.231 e. The quantitative estimate of drug-likeness (QED) is 0.323. The molecule has 5 rings (SSSR count). The number of nitrogens with zero attached hydrogens (tertiary/aromatic N) is 4. The number of benzene rings is 2. The molecule has 1 atom stereocenters. The normalized spacial score (nSPS) is 15.8. The lowest BCUT2D eigenvalue weighted by molar-refractivity contribution is -0.121. The Balaban J connectivity index is 1.51. The summed E-state index contributed by atoms with van der Waals surface area (Å²) >= 11 is 0. The Morgan fingerprint density at radius 2 is 2.08 bits per heavy atom. The zero-order valence-corrected chi connectivity index (χ0v) is 21.0. The van der Waals surface area contributed by atoms with E-state index >= 15 is 4.39 Å². The van der Waals surface area contributed by atoms with Crippen LogP contribution >= 0.6 is 0 Å². The predicted molar refractivity (Wildman–Crippen MR) is 142 cm³/mol. The molecule has 2 aromatic carbocycles. The molecule has 2 aromatic heterocycles. The SMILES string of the molecule is COc1cccc(-c2cn(C(C)C)c3nc(Nc4ccc(C5CNCCN5C=O)cc4F)nc(N)c23)c1. The van der Waals surface area contributed by atoms with Crippen LogP contribution in [0.25, 0.3) is 22.2 Å². The third kappa shape index (κ3) is 4.67. The first kappa shape index (κ1) is 24.5. The minimum absolute atomic E-state index is 0.102. The first-order valence-corrected chi connectivity index (χ1v) is 12.2. The zero-order valence-electron chi connectivity index (χ0n) is 21.0. The van der Waals surface area contributed by atoms with Gasteiger partial charge in [0.15, 0.2) is 0 Å². The van der Waals surface area contributed by atoms with E-state index in [9.17, 15) is 4.79 Å². The van der Waals surface area contributed by atoms with Gasteiger partial charge in [0.05, 0.1) is 24.2 Å². The summed E-state index contributed by atoms with van der Waals surface area (Å²) in [5.41, 5.74) is 9.86. The van der Waals surface area contributed by atoms with Crippen LogP contribution in [0.2, 0.25) is 0 Å². The maximum Gasteiger partial charge on any atom is 0.231 e. The van der Waals surface area contributed by atoms with Crippen LogP contribution in [0, 0.1) is 5.82 Å². The Hall–Kier alpha value is -4.18. The molecule has 192 valence electrons. The van der Waals surface area contributed by atoms with Gasteiger partial charge in [0.1, 0.15) is 23.0 Å². The van der Waals surface area contributed by atoms with E-state index in [4.69, 9.17) is 15.5 Å². The third-order valence-electron chi connectivity index (χ3n) is 6.68. The molecule has 1 fully saturated rings. The van der Waals surface area contributed by atoms with Crippen LogP contribution in [0.15, 0.2) is 48.7 Å². The standard InChI is InChI=1S/C27H30FN7O2/c1-16(2)35-14-20(17-5-4-6-19(11-17)37-3)24-25(29)32-27(33-26(24)35)31-22-8-7-18(12-21(22)28)23-13-30-9-10-34(23)15-36/h4-8,11-12,14-16,23,30H,9-10,13H2,1-3H3,(H3,29,31,32,33). The first-order valence-electron chi connectivity index (χ1n) is 12.2. The van der Waals surface area contributed by atoms with E-state index < -0.39 is 5.82 Å². The van der Waals surface area contributed by atoms with E-state index in [1.165, 1.54) is 6.07 Å². The van der Waals surface area contributed by atoms with E-state index in [2.05, 4.69) is 29.5 Å². The van der Waals surface area contributed by atoms with Gasteiger partial charge in [-0.05, 0) is 49.2 Å². The summed E-state index contributed by atoms with van der Waals surface area (Å²) in [6.07, 6.45) is 2.82. The van der Waals surface area contributed by atoms with E-state index in [0.717, 1.165) is 40.8 Å². The van der Waals surface area contributed by atoms with Crippen molar-refractivity contribution >= 4 is 34.9 Å². The van der Waals surface area contributed by atoms with E-state index in [0.29, 0.717) is 18.7 Å². The molecule has 0 radical (unpaired) electrons. The number of hydrogen-bond acceptors (Lipinski definition) is 7. The summed E-state index contributed by atoms with van der Waals surface area (Å²) in [6, 6.07) is 12.5. The molecule has 10 heteroatoms. The summed E-state index contributed by atoms with van der Waals surface area (Å²) in [5, 5.41) is 6.96. The number of aromatic nitrogens is 3. The number of anilines is 3. The number of carbonyl (C=O) groups is 1. The molecular formula is C27H30FN7O2. The van der Waals surface area contributed by atoms with Gasteiger partial charge < -0.3 is 30.6 Å². The van der Waals surface area contributed by atoms with Gasteiger partial charge in [0.25, 0.3) is 0 Å². The monoisotopic (exact) mass is 503 g/mol. The van der Waals surface area contributed by atoms with Crippen molar-refractivity contribution < 1.29 is 13.9 Å². The Labute approximate surface area is 214 Å². The minimum Gasteiger partial charge on any atom is -0.497 e. The van der Waals surface area contributed by atoms with E-state index in [1.54, 1.807) is 24.1 Å². The van der Waals surface area contributed by atoms with Crippen LogP contribution in [-0.4, -0.2) is 52.6 Å². The van der Waals surface area contributed by atoms with Crippen LogP contribution in [0.5, 0.6) is 5.75 Å². The molecule has 1 amide bonds. The molecule has 1 unspecified atom stereocenters. The van der Waals surface area contributed by atoms with E-state index in [1.807, 2.05) is 35.0 Å². The number of halogens is 1. The Bertz CT molecular complexity index is 1450. The van der Waals surface area contributed by atoms with Crippen molar-refractivity contribution in [2.75, 3.05) is 37.8 Å². The molecule has 3 heterocycles. The number of nitrogen functional groups attached to an aromatic ring is 1. The second kappa shape index (κ2) is 10.1. The largest absolute Gasteiger partial charge is 0.497 e. The number of carbonyl (C=O) groups excluding carboxylic acids is 1. The summed E-state index contributed by atoms with van der Waals surface area (Å²) in [7, 11) is 1.63. The predicted octanol–water partition coefficient (Wildman–Crippen LogP) is 4.26. The average molecular weight is 504 g/mol. The van der Waals surface area contributed by atoms with Crippen molar-refractivity contribution in [2.24, 2.45) is 0 Å². The molecule has 0 spiro atoms. The molecule has 1 aliphatic rings. The Morgan fingerprint density at radius 3 is 2.81 bits per heavy atom. The van der Waals surface area contributed by atoms with Crippen LogP contribution < -0.4 is 21.1 Å². The number of methoxy groups -OCH3 is 1. The molecule has 1 saturated heterocycles. The number of amides is 1. The molecule has 0 aliphatic carbocycles. The fourth-order valence-corrected chi connectivity index (χ4v) is 4.75. The van der Waals surface area contributed by atoms with Crippen molar-refractivity contribution in [3.8, 4) is 16.9 Å². The molecule has 1 aliphatic heterocycles. The van der Waals surface area contributed by atoms with Gasteiger partial charge in [0.2, 0.25) is 12.4 Å². The summed E-state index contributed by atoms with van der Waals surface area (Å²) in [5.74, 6) is 0.756. The Kier molecular flexibility index (Phi) is 6.66. The lowest BCUT2D eigenvalue weighted by atomic mass is 10.0. The van der Waals surface area contributed by atoms with Gasteiger partial charge in [-0.25, -0.2) is 4.39 Å². The zero-order chi connectivity index (χ0) is 26.1. The number of nitrogens with one attached hydrogen (secondary N) is 2. The number of hydrogen-bond donors (Lipinski definition) is 3. The molecule has 4 N–H and O–H groups in total. The van der Waals surface area contributed by atoms with Gasteiger partial charge in [0, 0.05) is 37.4 Å². The molecule has 37 heavy (non-hydrogen) atoms. The lowest BCUT2D eigenvalue weighted by Gasteiger charge is -2.33. The highest BCUT2D eigenvalue weighted by atomic mass is 19.1. The number of nitrogens with two attached hydrogens (primary N) is 1. The molecule has 4 aromatic rings. The minimum atomic E-state index is -0.465. The van der Waals surface area contributed by atoms with Crippen molar-refractivity contribution in [3.63, 3.8) is 0 Å². The topological polar surface area (TPSA) is 110 Å². The fourth-order valence-electron chi connectivity index (χ4n) is 4.75. The fraction of sp³-hybridized carbons (Fsp3) is 0.296. The van der Waals surface area contributed by atoms with Crippen molar-refractivity contribution in [2.45, 2.75) is 25.9 Å². The van der Waals surface area contributed by atoms with Gasteiger partial charge in [-0.2, -0.15) is 9.97 Å². The highest BCUT2D eigenvalue weighted by Crippen LogP contribution is 2.37. The van der Waals surface area contributed by atoms with Gasteiger partial charge >= 0.3 is 0 Å². The van der Waals surface area contributed by atoms with Crippen LogP contribution in [0.1, 0.15) is 31.5 Å². The molecule has 0 bridgehead atoms. The molecule has 9 nitrogen and oxygen atoms in total. The van der Waals surface area contributed by atoms with Crippen molar-refractivity contribution in [3.05, 3.63) is 60.0 Å². The number of ether oxygens (including phenoxy) is 1. The summed E-state index contributed by atoms with van der Waals surface area (Å²) in [4.78, 5) is 22.3. The van der Waals surface area contributed by atoms with E-state index in [-0.39, 0.29) is 29.5 Å². The van der Waals surface area contributed by atoms with Crippen LogP contribution in [0.4, 0.5) is 21.8 Å². The van der Waals surface area contributed by atoms with Gasteiger partial charge in [-0.1, -0.05) is 18.2 Å². The highest BCUT2D eigenvalue weighted by molar-refractivity contribution is 6.01. The third-order valence-corrected chi connectivity index (χ3v) is 6.68. The maximum absolute atomic E-state index is 15.1. The van der Waals surface area contributed by atoms with Crippen LogP contribution in [-0.2, 0) is 4.79 Å². The van der Waals surface area contributed by atoms with Gasteiger partial charge in [-0.15, -0.1) is 0 Å². The molecule has 0 saturated carbocycles. The lowest BCUT2D eigenvalue weighted by Crippen LogP contribution is -2.45. The average Bonchev–Trinajstić information content (AvgIpc) is 3.30. The number of piperazine rings is 1. The summed E-state index contributed by atoms with van der Waals surface area (Å²) < 4.78 is 22.6. The second-order valence-corrected chi connectivity index (χ2v) is 9.33. The maximum atomic E-state index is 15.1. The first-order chi connectivity index (χ1) is 17.9. The van der Waals surface area contributed by atoms with Gasteiger partial charge in [-0.3, -0.25) is 4.79 Å². The van der Waals surface area contributed by atoms with Crippen molar-refractivity contribution in [1.29, 1.82) is 0 Å². The number of fused-ring (bicyclic) bond motifs is 1. The Morgan fingerprint density at radius 1 is 1.24 bits per heavy atom. The van der Waals surface area contributed by atoms with Crippen LogP contribution in [0.3, 0.4) is 0 Å². The molecular weight excluding hydrogens is 473 g/mol. The highest BCUT2D eigenvalue weighted by Gasteiger charge is 2.24. The number of rotatable bonds is 7. The summed E-state index contributed by atoms with van der Waals surface area (Å²) in [6.45, 7) is 5.98.